The van der Waals surface area contributed by atoms with Crippen LogP contribution in [0, 0.1) is 0 Å². The van der Waals surface area contributed by atoms with Crippen LogP contribution >= 0.6 is 31.9 Å². The molecule has 0 saturated carbocycles. The van der Waals surface area contributed by atoms with Gasteiger partial charge in [-0.1, -0.05) is 18.2 Å². The maximum Gasteiger partial charge on any atom is 0.573 e. The molecule has 2 aromatic rings. The highest BCUT2D eigenvalue weighted by Crippen LogP contribution is 2.31. The number of hydrogen-bond donors (Lipinski definition) is 1. The number of para-hydroxylation sites is 1. The maximum absolute atomic E-state index is 12.2. The molecule has 0 aliphatic heterocycles. The molecule has 0 aromatic heterocycles. The van der Waals surface area contributed by atoms with Gasteiger partial charge < -0.3 is 10.1 Å². The second kappa shape index (κ2) is 6.70. The summed E-state index contributed by atoms with van der Waals surface area (Å²) in [5.41, 5.74) is 1.73. The number of benzene rings is 2. The summed E-state index contributed by atoms with van der Waals surface area (Å²) >= 11 is 6.49. The van der Waals surface area contributed by atoms with Crippen molar-refractivity contribution in [2.24, 2.45) is 0 Å². The summed E-state index contributed by atoms with van der Waals surface area (Å²) in [6.45, 7) is 0.480. The molecule has 0 bridgehead atoms. The molecule has 0 aliphatic rings. The van der Waals surface area contributed by atoms with E-state index in [1.165, 1.54) is 6.07 Å². The summed E-state index contributed by atoms with van der Waals surface area (Å²) in [7, 11) is 0. The molecule has 0 atom stereocenters. The first-order valence-electron chi connectivity index (χ1n) is 5.88. The summed E-state index contributed by atoms with van der Waals surface area (Å²) in [6.07, 6.45) is -4.70. The summed E-state index contributed by atoms with van der Waals surface area (Å²) < 4.78 is 41.6. The molecular formula is C14H10Br2F3NO. The van der Waals surface area contributed by atoms with Crippen molar-refractivity contribution in [2.75, 3.05) is 5.32 Å². The molecule has 112 valence electrons. The van der Waals surface area contributed by atoms with Crippen LogP contribution in [0.2, 0.25) is 0 Å². The Kier molecular flexibility index (Phi) is 5.16. The highest BCUT2D eigenvalue weighted by molar-refractivity contribution is 9.11. The number of halogens is 5. The summed E-state index contributed by atoms with van der Waals surface area (Å²) in [5, 5.41) is 3.19. The molecule has 0 amide bonds. The van der Waals surface area contributed by atoms with E-state index in [4.69, 9.17) is 0 Å². The molecule has 7 heteroatoms. The number of rotatable bonds is 4. The smallest absolute Gasteiger partial charge is 0.405 e. The van der Waals surface area contributed by atoms with E-state index in [1.807, 2.05) is 24.3 Å². The molecule has 2 aromatic carbocycles. The van der Waals surface area contributed by atoms with Crippen molar-refractivity contribution in [2.45, 2.75) is 12.9 Å². The zero-order valence-electron chi connectivity index (χ0n) is 10.5. The average Bonchev–Trinajstić information content (AvgIpc) is 2.39. The van der Waals surface area contributed by atoms with Gasteiger partial charge >= 0.3 is 6.36 Å². The van der Waals surface area contributed by atoms with E-state index >= 15 is 0 Å². The van der Waals surface area contributed by atoms with Crippen molar-refractivity contribution in [1.29, 1.82) is 0 Å². The largest absolute Gasteiger partial charge is 0.573 e. The van der Waals surface area contributed by atoms with Crippen molar-refractivity contribution in [3.05, 3.63) is 57.0 Å². The number of nitrogens with one attached hydrogen (secondary N) is 1. The van der Waals surface area contributed by atoms with Crippen molar-refractivity contribution < 1.29 is 17.9 Å². The third kappa shape index (κ3) is 4.93. The molecule has 0 radical (unpaired) electrons. The first-order chi connectivity index (χ1) is 9.85. The lowest BCUT2D eigenvalue weighted by Crippen LogP contribution is -2.17. The fraction of sp³-hybridized carbons (Fsp3) is 0.143. The predicted molar refractivity (Wildman–Crippen MR) is 82.3 cm³/mol. The van der Waals surface area contributed by atoms with Crippen molar-refractivity contribution in [1.82, 2.24) is 0 Å². The van der Waals surface area contributed by atoms with Crippen LogP contribution < -0.4 is 10.1 Å². The lowest BCUT2D eigenvalue weighted by molar-refractivity contribution is -0.274. The van der Waals surface area contributed by atoms with Crippen LogP contribution in [0.15, 0.2) is 51.4 Å². The van der Waals surface area contributed by atoms with Gasteiger partial charge in [-0.2, -0.15) is 0 Å². The maximum atomic E-state index is 12.2. The van der Waals surface area contributed by atoms with Crippen LogP contribution in [0.4, 0.5) is 18.9 Å². The van der Waals surface area contributed by atoms with Gasteiger partial charge in [0.1, 0.15) is 5.75 Å². The number of hydrogen-bond acceptors (Lipinski definition) is 2. The molecule has 0 unspecified atom stereocenters. The van der Waals surface area contributed by atoms with Gasteiger partial charge in [0, 0.05) is 16.7 Å². The zero-order chi connectivity index (χ0) is 15.5. The van der Waals surface area contributed by atoms with Crippen LogP contribution in [-0.4, -0.2) is 6.36 Å². The van der Waals surface area contributed by atoms with E-state index in [-0.39, 0.29) is 10.2 Å². The third-order valence-electron chi connectivity index (χ3n) is 2.58. The van der Waals surface area contributed by atoms with E-state index in [0.717, 1.165) is 15.7 Å². The third-order valence-corrected chi connectivity index (χ3v) is 3.89. The van der Waals surface area contributed by atoms with Crippen LogP contribution in [-0.2, 0) is 6.54 Å². The number of ether oxygens (including phenoxy) is 1. The Balaban J connectivity index is 2.05. The predicted octanol–water partition coefficient (Wildman–Crippen LogP) is 5.72. The molecule has 2 nitrogen and oxygen atoms in total. The van der Waals surface area contributed by atoms with E-state index in [0.29, 0.717) is 6.54 Å². The molecule has 2 rings (SSSR count). The fourth-order valence-corrected chi connectivity index (χ4v) is 2.60. The second-order valence-electron chi connectivity index (χ2n) is 4.15. The molecule has 0 fully saturated rings. The van der Waals surface area contributed by atoms with Crippen LogP contribution in [0.1, 0.15) is 5.56 Å². The molecule has 1 N–H and O–H groups in total. The van der Waals surface area contributed by atoms with E-state index in [9.17, 15) is 13.2 Å². The first kappa shape index (κ1) is 16.2. The SMILES string of the molecule is FC(F)(F)Oc1ccc(CNc2ccccc2Br)cc1Br. The monoisotopic (exact) mass is 423 g/mol. The van der Waals surface area contributed by atoms with Crippen molar-refractivity contribution >= 4 is 37.5 Å². The van der Waals surface area contributed by atoms with Crippen LogP contribution in [0.25, 0.3) is 0 Å². The molecular weight excluding hydrogens is 415 g/mol. The van der Waals surface area contributed by atoms with E-state index in [1.54, 1.807) is 12.1 Å². The minimum atomic E-state index is -4.70. The summed E-state index contributed by atoms with van der Waals surface area (Å²) in [4.78, 5) is 0. The van der Waals surface area contributed by atoms with Gasteiger partial charge in [-0.15, -0.1) is 13.2 Å². The molecule has 0 saturated heterocycles. The topological polar surface area (TPSA) is 21.3 Å². The van der Waals surface area contributed by atoms with Gasteiger partial charge in [0.05, 0.1) is 4.47 Å². The standard InChI is InChI=1S/C14H10Br2F3NO/c15-10-3-1-2-4-12(10)20-8-9-5-6-13(11(16)7-9)21-14(17,18)19/h1-7,20H,8H2. The first-order valence-corrected chi connectivity index (χ1v) is 7.46. The van der Waals surface area contributed by atoms with Crippen molar-refractivity contribution in [3.63, 3.8) is 0 Å². The lowest BCUT2D eigenvalue weighted by Gasteiger charge is -2.12. The van der Waals surface area contributed by atoms with Gasteiger partial charge in [-0.3, -0.25) is 0 Å². The minimum absolute atomic E-state index is 0.256. The normalized spacial score (nSPS) is 11.3. The minimum Gasteiger partial charge on any atom is -0.405 e. The second-order valence-corrected chi connectivity index (χ2v) is 5.85. The fourth-order valence-electron chi connectivity index (χ4n) is 1.66. The number of alkyl halides is 3. The number of anilines is 1. The summed E-state index contributed by atoms with van der Waals surface area (Å²) in [6, 6.07) is 12.0. The van der Waals surface area contributed by atoms with Gasteiger partial charge in [0.25, 0.3) is 0 Å². The quantitative estimate of drug-likeness (QED) is 0.677. The Bertz CT molecular complexity index is 632. The Morgan fingerprint density at radius 3 is 2.33 bits per heavy atom. The van der Waals surface area contributed by atoms with Crippen LogP contribution in [0.5, 0.6) is 5.75 Å². The Morgan fingerprint density at radius 1 is 1.00 bits per heavy atom. The lowest BCUT2D eigenvalue weighted by atomic mass is 10.2. The van der Waals surface area contributed by atoms with E-state index < -0.39 is 6.36 Å². The Hall–Kier alpha value is -1.21. The Morgan fingerprint density at radius 2 is 1.71 bits per heavy atom. The summed E-state index contributed by atoms with van der Waals surface area (Å²) in [5.74, 6) is -0.257. The zero-order valence-corrected chi connectivity index (χ0v) is 13.7. The van der Waals surface area contributed by atoms with Gasteiger partial charge in [-0.05, 0) is 61.7 Å². The van der Waals surface area contributed by atoms with Gasteiger partial charge in [0.15, 0.2) is 0 Å². The highest BCUT2D eigenvalue weighted by atomic mass is 79.9. The molecule has 21 heavy (non-hydrogen) atoms. The van der Waals surface area contributed by atoms with E-state index in [2.05, 4.69) is 41.9 Å². The average molecular weight is 425 g/mol. The van der Waals surface area contributed by atoms with Gasteiger partial charge in [0.2, 0.25) is 0 Å². The molecule has 0 spiro atoms. The van der Waals surface area contributed by atoms with Crippen molar-refractivity contribution in [3.8, 4) is 5.75 Å². The van der Waals surface area contributed by atoms with Crippen LogP contribution in [0.3, 0.4) is 0 Å². The molecule has 0 aliphatic carbocycles. The molecule has 0 heterocycles. The Labute approximate surface area is 136 Å². The highest BCUT2D eigenvalue weighted by Gasteiger charge is 2.31. The van der Waals surface area contributed by atoms with Gasteiger partial charge in [-0.25, -0.2) is 0 Å².